The molecule has 0 bridgehead atoms. The first-order chi connectivity index (χ1) is 7.84. The van der Waals surface area contributed by atoms with Crippen molar-refractivity contribution >= 4 is 6.09 Å². The van der Waals surface area contributed by atoms with Crippen LogP contribution in [-0.4, -0.2) is 29.7 Å². The summed E-state index contributed by atoms with van der Waals surface area (Å²) in [4.78, 5) is 13.8. The average Bonchev–Trinajstić information content (AvgIpc) is 2.21. The molecule has 0 aromatic rings. The fourth-order valence-corrected chi connectivity index (χ4v) is 1.80. The predicted molar refractivity (Wildman–Crippen MR) is 72.2 cm³/mol. The van der Waals surface area contributed by atoms with Crippen LogP contribution >= 0.6 is 0 Å². The molecule has 1 amide bonds. The second-order valence-electron chi connectivity index (χ2n) is 5.58. The van der Waals surface area contributed by atoms with Crippen LogP contribution in [-0.2, 0) is 4.74 Å². The molecule has 1 atom stereocenters. The third-order valence-corrected chi connectivity index (χ3v) is 2.79. The van der Waals surface area contributed by atoms with Crippen molar-refractivity contribution in [3.63, 3.8) is 0 Å². The molecule has 0 aromatic heterocycles. The number of hydrogen-bond acceptors (Lipinski definition) is 2. The molecule has 0 fully saturated rings. The van der Waals surface area contributed by atoms with Crippen molar-refractivity contribution < 1.29 is 9.53 Å². The predicted octanol–water partition coefficient (Wildman–Crippen LogP) is 4.07. The van der Waals surface area contributed by atoms with E-state index in [9.17, 15) is 4.79 Å². The maximum absolute atomic E-state index is 11.9. The van der Waals surface area contributed by atoms with Gasteiger partial charge in [0.1, 0.15) is 5.60 Å². The summed E-state index contributed by atoms with van der Waals surface area (Å²) >= 11 is 0. The number of amides is 1. The van der Waals surface area contributed by atoms with Gasteiger partial charge in [0.05, 0.1) is 0 Å². The smallest absolute Gasteiger partial charge is 0.410 e. The highest BCUT2D eigenvalue weighted by Gasteiger charge is 2.22. The molecule has 0 N–H and O–H groups in total. The normalized spacial score (nSPS) is 13.3. The molecule has 0 saturated carbocycles. The number of rotatable bonds is 6. The van der Waals surface area contributed by atoms with Crippen LogP contribution in [0.3, 0.4) is 0 Å². The third-order valence-electron chi connectivity index (χ3n) is 2.79. The summed E-state index contributed by atoms with van der Waals surface area (Å²) < 4.78 is 5.40. The van der Waals surface area contributed by atoms with Gasteiger partial charge < -0.3 is 9.64 Å². The molecule has 0 heterocycles. The SMILES string of the molecule is CCCC(CC)CN(CC)C(=O)OC(C)(C)C. The zero-order valence-electron chi connectivity index (χ0n) is 12.4. The second-order valence-corrected chi connectivity index (χ2v) is 5.58. The fraction of sp³-hybridized carbons (Fsp3) is 0.929. The van der Waals surface area contributed by atoms with Crippen LogP contribution in [0, 0.1) is 5.92 Å². The maximum Gasteiger partial charge on any atom is 0.410 e. The van der Waals surface area contributed by atoms with E-state index < -0.39 is 5.60 Å². The average molecular weight is 243 g/mol. The summed E-state index contributed by atoms with van der Waals surface area (Å²) in [5.41, 5.74) is -0.406. The van der Waals surface area contributed by atoms with Crippen molar-refractivity contribution in [2.45, 2.75) is 66.4 Å². The van der Waals surface area contributed by atoms with Crippen LogP contribution in [0.15, 0.2) is 0 Å². The quantitative estimate of drug-likeness (QED) is 0.703. The number of hydrogen-bond donors (Lipinski definition) is 0. The monoisotopic (exact) mass is 243 g/mol. The van der Waals surface area contributed by atoms with Crippen molar-refractivity contribution in [3.05, 3.63) is 0 Å². The number of nitrogens with zero attached hydrogens (tertiary/aromatic N) is 1. The summed E-state index contributed by atoms with van der Waals surface area (Å²) in [6.45, 7) is 13.6. The Morgan fingerprint density at radius 3 is 2.18 bits per heavy atom. The Morgan fingerprint density at radius 2 is 1.82 bits per heavy atom. The van der Waals surface area contributed by atoms with E-state index in [0.29, 0.717) is 5.92 Å². The Balaban J connectivity index is 4.35. The summed E-state index contributed by atoms with van der Waals surface area (Å²) in [5, 5.41) is 0. The van der Waals surface area contributed by atoms with Gasteiger partial charge in [0.25, 0.3) is 0 Å². The van der Waals surface area contributed by atoms with E-state index in [1.54, 1.807) is 0 Å². The van der Waals surface area contributed by atoms with E-state index in [-0.39, 0.29) is 6.09 Å². The van der Waals surface area contributed by atoms with Crippen LogP contribution in [0.4, 0.5) is 4.79 Å². The lowest BCUT2D eigenvalue weighted by molar-refractivity contribution is 0.0227. The van der Waals surface area contributed by atoms with E-state index >= 15 is 0 Å². The summed E-state index contributed by atoms with van der Waals surface area (Å²) in [6, 6.07) is 0. The van der Waals surface area contributed by atoms with Crippen molar-refractivity contribution in [1.29, 1.82) is 0 Å². The molecule has 3 heteroatoms. The van der Waals surface area contributed by atoms with Crippen LogP contribution in [0.1, 0.15) is 60.8 Å². The zero-order valence-corrected chi connectivity index (χ0v) is 12.4. The lowest BCUT2D eigenvalue weighted by atomic mass is 10.0. The first-order valence-electron chi connectivity index (χ1n) is 6.81. The molecule has 0 aromatic carbocycles. The Hall–Kier alpha value is -0.730. The molecule has 0 aliphatic rings. The molecule has 0 aliphatic carbocycles. The van der Waals surface area contributed by atoms with Gasteiger partial charge in [0.15, 0.2) is 0 Å². The largest absolute Gasteiger partial charge is 0.444 e. The Morgan fingerprint density at radius 1 is 1.24 bits per heavy atom. The Bertz CT molecular complexity index is 221. The number of carbonyl (C=O) groups excluding carboxylic acids is 1. The third kappa shape index (κ3) is 7.24. The number of ether oxygens (including phenoxy) is 1. The van der Waals surface area contributed by atoms with E-state index in [0.717, 1.165) is 19.5 Å². The molecule has 3 nitrogen and oxygen atoms in total. The minimum Gasteiger partial charge on any atom is -0.444 e. The summed E-state index contributed by atoms with van der Waals surface area (Å²) in [7, 11) is 0. The minimum atomic E-state index is -0.406. The van der Waals surface area contributed by atoms with Gasteiger partial charge in [-0.25, -0.2) is 4.79 Å². The van der Waals surface area contributed by atoms with Gasteiger partial charge in [-0.3, -0.25) is 0 Å². The van der Waals surface area contributed by atoms with Crippen LogP contribution in [0.25, 0.3) is 0 Å². The lowest BCUT2D eigenvalue weighted by Gasteiger charge is -2.29. The molecule has 17 heavy (non-hydrogen) atoms. The molecule has 0 saturated heterocycles. The number of carbonyl (C=O) groups is 1. The summed E-state index contributed by atoms with van der Waals surface area (Å²) in [5.74, 6) is 0.590. The first kappa shape index (κ1) is 16.3. The Kier molecular flexibility index (Phi) is 7.24. The maximum atomic E-state index is 11.9. The second kappa shape index (κ2) is 7.57. The van der Waals surface area contributed by atoms with Crippen LogP contribution < -0.4 is 0 Å². The first-order valence-corrected chi connectivity index (χ1v) is 6.81. The highest BCUT2D eigenvalue weighted by atomic mass is 16.6. The molecular formula is C14H29NO2. The fourth-order valence-electron chi connectivity index (χ4n) is 1.80. The van der Waals surface area contributed by atoms with Gasteiger partial charge >= 0.3 is 6.09 Å². The van der Waals surface area contributed by atoms with Gasteiger partial charge in [-0.05, 0) is 40.0 Å². The van der Waals surface area contributed by atoms with E-state index in [1.165, 1.54) is 12.8 Å². The zero-order chi connectivity index (χ0) is 13.5. The molecule has 0 spiro atoms. The molecule has 1 unspecified atom stereocenters. The van der Waals surface area contributed by atoms with Crippen LogP contribution in [0.5, 0.6) is 0 Å². The van der Waals surface area contributed by atoms with Gasteiger partial charge in [0, 0.05) is 13.1 Å². The van der Waals surface area contributed by atoms with E-state index in [4.69, 9.17) is 4.74 Å². The Labute approximate surface area is 107 Å². The highest BCUT2D eigenvalue weighted by Crippen LogP contribution is 2.15. The van der Waals surface area contributed by atoms with Gasteiger partial charge in [0.2, 0.25) is 0 Å². The lowest BCUT2D eigenvalue weighted by Crippen LogP contribution is -2.39. The van der Waals surface area contributed by atoms with Crippen LogP contribution in [0.2, 0.25) is 0 Å². The van der Waals surface area contributed by atoms with Crippen molar-refractivity contribution in [2.24, 2.45) is 5.92 Å². The molecule has 0 rings (SSSR count). The van der Waals surface area contributed by atoms with Crippen molar-refractivity contribution in [3.8, 4) is 0 Å². The molecule has 0 aliphatic heterocycles. The summed E-state index contributed by atoms with van der Waals surface area (Å²) in [6.07, 6.45) is 3.28. The van der Waals surface area contributed by atoms with Crippen molar-refractivity contribution in [2.75, 3.05) is 13.1 Å². The van der Waals surface area contributed by atoms with Crippen molar-refractivity contribution in [1.82, 2.24) is 4.90 Å². The van der Waals surface area contributed by atoms with E-state index in [2.05, 4.69) is 13.8 Å². The highest BCUT2D eigenvalue weighted by molar-refractivity contribution is 5.68. The minimum absolute atomic E-state index is 0.186. The molecule has 0 radical (unpaired) electrons. The standard InChI is InChI=1S/C14H29NO2/c1-7-10-12(8-2)11-15(9-3)13(16)17-14(4,5)6/h12H,7-11H2,1-6H3. The molecular weight excluding hydrogens is 214 g/mol. The van der Waals surface area contributed by atoms with E-state index in [1.807, 2.05) is 32.6 Å². The van der Waals surface area contributed by atoms with Gasteiger partial charge in [-0.15, -0.1) is 0 Å². The molecule has 102 valence electrons. The van der Waals surface area contributed by atoms with Gasteiger partial charge in [-0.2, -0.15) is 0 Å². The topological polar surface area (TPSA) is 29.5 Å². The van der Waals surface area contributed by atoms with Gasteiger partial charge in [-0.1, -0.05) is 26.7 Å².